The molecule has 2 bridgehead atoms. The van der Waals surface area contributed by atoms with Gasteiger partial charge in [0.15, 0.2) is 5.82 Å². The Morgan fingerprint density at radius 2 is 1.89 bits per heavy atom. The van der Waals surface area contributed by atoms with E-state index in [2.05, 4.69) is 30.4 Å². The van der Waals surface area contributed by atoms with Crippen molar-refractivity contribution in [1.29, 1.82) is 0 Å². The predicted octanol–water partition coefficient (Wildman–Crippen LogP) is 3.69. The van der Waals surface area contributed by atoms with Crippen LogP contribution in [0.15, 0.2) is 47.4 Å². The lowest BCUT2D eigenvalue weighted by Gasteiger charge is -2.47. The molecular formula is C25H23Cl2N7O3. The van der Waals surface area contributed by atoms with Crippen LogP contribution in [0.4, 0.5) is 11.8 Å². The van der Waals surface area contributed by atoms with Crippen molar-refractivity contribution in [3.05, 3.63) is 63.0 Å². The molecule has 2 atom stereocenters. The number of aromatic nitrogens is 5. The Morgan fingerprint density at radius 3 is 2.59 bits per heavy atom. The van der Waals surface area contributed by atoms with Gasteiger partial charge in [0.1, 0.15) is 12.3 Å². The van der Waals surface area contributed by atoms with Gasteiger partial charge in [-0.25, -0.2) is 4.98 Å². The van der Waals surface area contributed by atoms with Gasteiger partial charge >= 0.3 is 0 Å². The standard InChI is InChI=1S/C25H23Cl2N7O3/c1-33-23-14(9-17(24(33)35)22-18(26)3-2-4-19(22)27)11-28-25(30-23)29-20-5-6-21(32-31-20)36-8-7-34-12-15-10-16(13-34)37-15/h2-6,9,11,15-16H,7-8,10,12-13H2,1H3,(H,28,29,30,31). The van der Waals surface area contributed by atoms with Crippen molar-refractivity contribution < 1.29 is 9.47 Å². The maximum absolute atomic E-state index is 13.1. The normalized spacial score (nSPS) is 19.0. The van der Waals surface area contributed by atoms with E-state index >= 15 is 0 Å². The Kier molecular flexibility index (Phi) is 6.41. The Bertz CT molecular complexity index is 1490. The van der Waals surface area contributed by atoms with E-state index in [4.69, 9.17) is 32.7 Å². The van der Waals surface area contributed by atoms with Gasteiger partial charge in [-0.1, -0.05) is 29.3 Å². The number of nitrogens with zero attached hydrogens (tertiary/aromatic N) is 6. The van der Waals surface area contributed by atoms with Crippen LogP contribution in [0.3, 0.4) is 0 Å². The van der Waals surface area contributed by atoms with Crippen molar-refractivity contribution in [2.24, 2.45) is 7.05 Å². The zero-order chi connectivity index (χ0) is 25.5. The van der Waals surface area contributed by atoms with E-state index in [1.165, 1.54) is 11.0 Å². The average molecular weight is 540 g/mol. The van der Waals surface area contributed by atoms with Crippen LogP contribution in [0.25, 0.3) is 22.2 Å². The van der Waals surface area contributed by atoms with Gasteiger partial charge in [-0.3, -0.25) is 14.3 Å². The molecule has 0 amide bonds. The van der Waals surface area contributed by atoms with Crippen LogP contribution in [-0.4, -0.2) is 68.1 Å². The summed E-state index contributed by atoms with van der Waals surface area (Å²) in [5.41, 5.74) is 1.03. The third-order valence-corrected chi connectivity index (χ3v) is 7.18. The van der Waals surface area contributed by atoms with Crippen LogP contribution < -0.4 is 15.6 Å². The van der Waals surface area contributed by atoms with E-state index in [9.17, 15) is 4.79 Å². The number of hydrogen-bond acceptors (Lipinski definition) is 9. The molecule has 2 unspecified atom stereocenters. The number of nitrogens with one attached hydrogen (secondary N) is 1. The van der Waals surface area contributed by atoms with Gasteiger partial charge in [0.05, 0.1) is 27.8 Å². The van der Waals surface area contributed by atoms with Gasteiger partial charge in [-0.05, 0) is 24.3 Å². The van der Waals surface area contributed by atoms with Gasteiger partial charge < -0.3 is 14.8 Å². The Labute approximate surface area is 222 Å². The second kappa shape index (κ2) is 9.86. The highest BCUT2D eigenvalue weighted by Crippen LogP contribution is 2.34. The van der Waals surface area contributed by atoms with Crippen LogP contribution in [0.1, 0.15) is 6.42 Å². The molecular weight excluding hydrogens is 517 g/mol. The van der Waals surface area contributed by atoms with Crippen molar-refractivity contribution in [2.75, 3.05) is 31.6 Å². The first-order valence-corrected chi connectivity index (χ1v) is 12.6. The van der Waals surface area contributed by atoms with Crippen molar-refractivity contribution >= 4 is 46.0 Å². The number of ether oxygens (including phenoxy) is 2. The van der Waals surface area contributed by atoms with Crippen LogP contribution in [-0.2, 0) is 11.8 Å². The fraction of sp³-hybridized carbons (Fsp3) is 0.320. The minimum Gasteiger partial charge on any atom is -0.475 e. The summed E-state index contributed by atoms with van der Waals surface area (Å²) in [5.74, 6) is 1.17. The molecule has 4 aromatic rings. The minimum atomic E-state index is -0.275. The molecule has 3 aliphatic heterocycles. The van der Waals surface area contributed by atoms with E-state index in [-0.39, 0.29) is 11.5 Å². The maximum Gasteiger partial charge on any atom is 0.259 e. The number of piperidine rings is 1. The average Bonchev–Trinajstić information content (AvgIpc) is 2.88. The van der Waals surface area contributed by atoms with Gasteiger partial charge in [0.25, 0.3) is 5.56 Å². The lowest BCUT2D eigenvalue weighted by molar-refractivity contribution is -0.181. The molecule has 3 aliphatic rings. The Hall–Kier alpha value is -3.31. The van der Waals surface area contributed by atoms with Gasteiger partial charge in [0, 0.05) is 56.3 Å². The molecule has 0 saturated carbocycles. The van der Waals surface area contributed by atoms with Gasteiger partial charge in [0.2, 0.25) is 11.8 Å². The number of halogens is 2. The van der Waals surface area contributed by atoms with Crippen molar-refractivity contribution in [3.8, 4) is 17.0 Å². The van der Waals surface area contributed by atoms with E-state index < -0.39 is 0 Å². The molecule has 190 valence electrons. The lowest BCUT2D eigenvalue weighted by atomic mass is 9.99. The number of aryl methyl sites for hydroxylation is 1. The molecule has 12 heteroatoms. The summed E-state index contributed by atoms with van der Waals surface area (Å²) < 4.78 is 12.8. The SMILES string of the molecule is Cn1c(=O)c(-c2c(Cl)cccc2Cl)cc2cnc(Nc3ccc(OCCN4CC5CC(C4)O5)nn3)nc21. The number of hydrogen-bond donors (Lipinski definition) is 1. The van der Waals surface area contributed by atoms with Crippen molar-refractivity contribution in [3.63, 3.8) is 0 Å². The molecule has 1 N–H and O–H groups in total. The summed E-state index contributed by atoms with van der Waals surface area (Å²) in [6, 6.07) is 10.3. The van der Waals surface area contributed by atoms with Crippen molar-refractivity contribution in [2.45, 2.75) is 18.6 Å². The molecule has 3 fully saturated rings. The molecule has 7 rings (SSSR count). The third kappa shape index (κ3) is 4.85. The molecule has 37 heavy (non-hydrogen) atoms. The van der Waals surface area contributed by atoms with Gasteiger partial charge in [-0.2, -0.15) is 4.98 Å². The minimum absolute atomic E-state index is 0.275. The Morgan fingerprint density at radius 1 is 1.14 bits per heavy atom. The molecule has 10 nitrogen and oxygen atoms in total. The van der Waals surface area contributed by atoms with E-state index in [0.29, 0.717) is 62.7 Å². The highest BCUT2D eigenvalue weighted by molar-refractivity contribution is 6.39. The molecule has 6 heterocycles. The second-order valence-corrected chi connectivity index (χ2v) is 9.91. The van der Waals surface area contributed by atoms with Crippen molar-refractivity contribution in [1.82, 2.24) is 29.6 Å². The fourth-order valence-corrected chi connectivity index (χ4v) is 5.32. The summed E-state index contributed by atoms with van der Waals surface area (Å²) in [7, 11) is 1.64. The van der Waals surface area contributed by atoms with Crippen LogP contribution in [0, 0.1) is 0 Å². The molecule has 1 aromatic carbocycles. The van der Waals surface area contributed by atoms with Crippen LogP contribution in [0.2, 0.25) is 10.0 Å². The third-order valence-electron chi connectivity index (χ3n) is 6.55. The number of fused-ring (bicyclic) bond motifs is 3. The number of pyridine rings is 1. The summed E-state index contributed by atoms with van der Waals surface area (Å²) >= 11 is 12.7. The smallest absolute Gasteiger partial charge is 0.259 e. The van der Waals surface area contributed by atoms with Gasteiger partial charge in [-0.15, -0.1) is 10.2 Å². The first-order chi connectivity index (χ1) is 17.9. The quantitative estimate of drug-likeness (QED) is 0.376. The number of benzene rings is 1. The zero-order valence-electron chi connectivity index (χ0n) is 19.9. The molecule has 0 aliphatic carbocycles. The largest absolute Gasteiger partial charge is 0.475 e. The van der Waals surface area contributed by atoms with Crippen LogP contribution in [0.5, 0.6) is 5.88 Å². The highest BCUT2D eigenvalue weighted by atomic mass is 35.5. The summed E-state index contributed by atoms with van der Waals surface area (Å²) in [4.78, 5) is 24.3. The number of rotatable bonds is 7. The summed E-state index contributed by atoms with van der Waals surface area (Å²) in [5, 5.41) is 12.7. The first kappa shape index (κ1) is 24.1. The summed E-state index contributed by atoms with van der Waals surface area (Å²) in [6.07, 6.45) is 3.56. The number of anilines is 2. The van der Waals surface area contributed by atoms with E-state index in [1.807, 2.05) is 0 Å². The fourth-order valence-electron chi connectivity index (χ4n) is 4.72. The van der Waals surface area contributed by atoms with Crippen LogP contribution >= 0.6 is 23.2 Å². The lowest BCUT2D eigenvalue weighted by Crippen LogP contribution is -2.57. The maximum atomic E-state index is 13.1. The summed E-state index contributed by atoms with van der Waals surface area (Å²) in [6.45, 7) is 3.28. The first-order valence-electron chi connectivity index (χ1n) is 11.9. The molecule has 0 radical (unpaired) electrons. The Balaban J connectivity index is 1.15. The number of morpholine rings is 1. The van der Waals surface area contributed by atoms with E-state index in [0.717, 1.165) is 19.6 Å². The topological polar surface area (TPSA) is 107 Å². The zero-order valence-corrected chi connectivity index (χ0v) is 21.4. The monoisotopic (exact) mass is 539 g/mol. The molecule has 0 spiro atoms. The highest BCUT2D eigenvalue weighted by Gasteiger charge is 2.37. The molecule has 3 saturated heterocycles. The van der Waals surface area contributed by atoms with E-state index in [1.54, 1.807) is 49.6 Å². The predicted molar refractivity (Wildman–Crippen MR) is 141 cm³/mol. The second-order valence-electron chi connectivity index (χ2n) is 9.10. The molecule has 3 aromatic heterocycles.